The predicted octanol–water partition coefficient (Wildman–Crippen LogP) is 4.65. The van der Waals surface area contributed by atoms with E-state index in [0.717, 1.165) is 5.56 Å². The molecule has 1 atom stereocenters. The first-order chi connectivity index (χ1) is 11.6. The molecule has 1 amide bonds. The van der Waals surface area contributed by atoms with Gasteiger partial charge in [-0.05, 0) is 46.1 Å². The SMILES string of the molecule is CC.C[C@H](NC(=O)/C(C#N)=C/c1ccc(Br)nc1)c1ccccc1. The Morgan fingerprint density at radius 1 is 1.25 bits per heavy atom. The van der Waals surface area contributed by atoms with E-state index in [4.69, 9.17) is 0 Å². The van der Waals surface area contributed by atoms with Crippen LogP contribution in [-0.4, -0.2) is 10.9 Å². The van der Waals surface area contributed by atoms with Crippen LogP contribution in [0.4, 0.5) is 0 Å². The third-order valence-corrected chi connectivity index (χ3v) is 3.54. The van der Waals surface area contributed by atoms with Crippen LogP contribution in [0.5, 0.6) is 0 Å². The molecule has 1 N–H and O–H groups in total. The highest BCUT2D eigenvalue weighted by molar-refractivity contribution is 9.10. The quantitative estimate of drug-likeness (QED) is 0.472. The van der Waals surface area contributed by atoms with Gasteiger partial charge in [-0.25, -0.2) is 4.98 Å². The van der Waals surface area contributed by atoms with Crippen molar-refractivity contribution in [2.24, 2.45) is 0 Å². The van der Waals surface area contributed by atoms with Gasteiger partial charge in [0.15, 0.2) is 0 Å². The van der Waals surface area contributed by atoms with Crippen molar-refractivity contribution in [3.05, 3.63) is 70.0 Å². The van der Waals surface area contributed by atoms with E-state index < -0.39 is 5.91 Å². The molecule has 0 unspecified atom stereocenters. The largest absolute Gasteiger partial charge is 0.345 e. The van der Waals surface area contributed by atoms with Gasteiger partial charge in [0.05, 0.1) is 6.04 Å². The first-order valence-electron chi connectivity index (χ1n) is 7.69. The molecule has 4 nitrogen and oxygen atoms in total. The van der Waals surface area contributed by atoms with Crippen molar-refractivity contribution >= 4 is 27.9 Å². The van der Waals surface area contributed by atoms with Gasteiger partial charge in [0.25, 0.3) is 5.91 Å². The minimum Gasteiger partial charge on any atom is -0.345 e. The van der Waals surface area contributed by atoms with Crippen LogP contribution in [0.3, 0.4) is 0 Å². The van der Waals surface area contributed by atoms with Crippen LogP contribution in [0, 0.1) is 11.3 Å². The lowest BCUT2D eigenvalue weighted by atomic mass is 10.1. The summed E-state index contributed by atoms with van der Waals surface area (Å²) in [5.74, 6) is -0.401. The Bertz CT molecular complexity index is 719. The zero-order chi connectivity index (χ0) is 17.9. The Morgan fingerprint density at radius 2 is 1.92 bits per heavy atom. The number of benzene rings is 1. The first-order valence-corrected chi connectivity index (χ1v) is 8.48. The number of rotatable bonds is 4. The highest BCUT2D eigenvalue weighted by Crippen LogP contribution is 2.14. The van der Waals surface area contributed by atoms with Gasteiger partial charge in [-0.1, -0.05) is 50.2 Å². The van der Waals surface area contributed by atoms with Gasteiger partial charge in [0.2, 0.25) is 0 Å². The second-order valence-electron chi connectivity index (χ2n) is 4.69. The van der Waals surface area contributed by atoms with E-state index in [1.54, 1.807) is 18.3 Å². The summed E-state index contributed by atoms with van der Waals surface area (Å²) < 4.78 is 0.699. The second kappa shape index (κ2) is 10.3. The molecule has 1 aromatic heterocycles. The summed E-state index contributed by atoms with van der Waals surface area (Å²) in [7, 11) is 0. The maximum absolute atomic E-state index is 12.2. The van der Waals surface area contributed by atoms with Crippen LogP contribution < -0.4 is 5.32 Å². The molecule has 5 heteroatoms. The number of carbonyl (C=O) groups is 1. The number of hydrogen-bond donors (Lipinski definition) is 1. The maximum Gasteiger partial charge on any atom is 0.262 e. The Hall–Kier alpha value is -2.45. The summed E-state index contributed by atoms with van der Waals surface area (Å²) >= 11 is 3.24. The van der Waals surface area contributed by atoms with Gasteiger partial charge < -0.3 is 5.32 Å². The fraction of sp³-hybridized carbons (Fsp3) is 0.211. The molecule has 1 heterocycles. The van der Waals surface area contributed by atoms with Gasteiger partial charge >= 0.3 is 0 Å². The Balaban J connectivity index is 0.00000139. The Labute approximate surface area is 151 Å². The van der Waals surface area contributed by atoms with Crippen LogP contribution >= 0.6 is 15.9 Å². The summed E-state index contributed by atoms with van der Waals surface area (Å²) in [5, 5.41) is 12.0. The van der Waals surface area contributed by atoms with E-state index in [0.29, 0.717) is 10.2 Å². The number of pyridine rings is 1. The van der Waals surface area contributed by atoms with Gasteiger partial charge in [0.1, 0.15) is 16.2 Å². The standard InChI is InChI=1S/C17H14BrN3O.C2H6/c1-12(14-5-3-2-4-6-14)21-17(22)15(10-19)9-13-7-8-16(18)20-11-13;1-2/h2-9,11-12H,1H3,(H,21,22);1-2H3/b15-9+;/t12-;/m0./s1. The number of halogens is 1. The number of aromatic nitrogens is 1. The summed E-state index contributed by atoms with van der Waals surface area (Å²) in [6, 6.07) is 14.9. The lowest BCUT2D eigenvalue weighted by molar-refractivity contribution is -0.117. The fourth-order valence-corrected chi connectivity index (χ4v) is 2.12. The molecular formula is C19H20BrN3O. The van der Waals surface area contributed by atoms with Crippen LogP contribution in [0.15, 0.2) is 58.8 Å². The average molecular weight is 386 g/mol. The summed E-state index contributed by atoms with van der Waals surface area (Å²) in [6.07, 6.45) is 3.11. The molecule has 0 bridgehead atoms. The molecule has 0 saturated carbocycles. The lowest BCUT2D eigenvalue weighted by Gasteiger charge is -2.13. The van der Waals surface area contributed by atoms with Gasteiger partial charge in [0, 0.05) is 6.20 Å². The highest BCUT2D eigenvalue weighted by Gasteiger charge is 2.13. The van der Waals surface area contributed by atoms with E-state index in [-0.39, 0.29) is 11.6 Å². The molecule has 0 fully saturated rings. The number of nitrogens with zero attached hydrogens (tertiary/aromatic N) is 2. The molecule has 0 aliphatic rings. The van der Waals surface area contributed by atoms with Crippen molar-refractivity contribution in [1.29, 1.82) is 5.26 Å². The zero-order valence-corrected chi connectivity index (χ0v) is 15.5. The molecule has 0 aliphatic heterocycles. The van der Waals surface area contributed by atoms with E-state index in [9.17, 15) is 10.1 Å². The summed E-state index contributed by atoms with van der Waals surface area (Å²) in [6.45, 7) is 5.88. The topological polar surface area (TPSA) is 65.8 Å². The van der Waals surface area contributed by atoms with Crippen LogP contribution in [0.25, 0.3) is 6.08 Å². The minimum atomic E-state index is -0.401. The Kier molecular flexibility index (Phi) is 8.45. The molecule has 2 aromatic rings. The maximum atomic E-state index is 12.2. The predicted molar refractivity (Wildman–Crippen MR) is 99.9 cm³/mol. The summed E-state index contributed by atoms with van der Waals surface area (Å²) in [5.41, 5.74) is 1.73. The van der Waals surface area contributed by atoms with Crippen LogP contribution in [-0.2, 0) is 4.79 Å². The molecular weight excluding hydrogens is 366 g/mol. The van der Waals surface area contributed by atoms with E-state index >= 15 is 0 Å². The molecule has 0 radical (unpaired) electrons. The van der Waals surface area contributed by atoms with Crippen LogP contribution in [0.1, 0.15) is 37.9 Å². The zero-order valence-electron chi connectivity index (χ0n) is 14.0. The molecule has 1 aromatic carbocycles. The fourth-order valence-electron chi connectivity index (χ4n) is 1.89. The van der Waals surface area contributed by atoms with Crippen molar-refractivity contribution < 1.29 is 4.79 Å². The normalized spacial score (nSPS) is 11.5. The van der Waals surface area contributed by atoms with E-state index in [1.165, 1.54) is 6.08 Å². The molecule has 0 saturated heterocycles. The van der Waals surface area contributed by atoms with Gasteiger partial charge in [-0.2, -0.15) is 5.26 Å². The van der Waals surface area contributed by atoms with Crippen molar-refractivity contribution in [3.63, 3.8) is 0 Å². The number of nitriles is 1. The van der Waals surface area contributed by atoms with Gasteiger partial charge in [-0.3, -0.25) is 4.79 Å². The second-order valence-corrected chi connectivity index (χ2v) is 5.50. The first kappa shape index (κ1) is 19.6. The van der Waals surface area contributed by atoms with Crippen molar-refractivity contribution in [3.8, 4) is 6.07 Å². The van der Waals surface area contributed by atoms with Crippen molar-refractivity contribution in [2.75, 3.05) is 0 Å². The highest BCUT2D eigenvalue weighted by atomic mass is 79.9. The molecule has 2 rings (SSSR count). The number of carbonyl (C=O) groups excluding carboxylic acids is 1. The average Bonchev–Trinajstić information content (AvgIpc) is 2.63. The van der Waals surface area contributed by atoms with E-state index in [2.05, 4.69) is 26.2 Å². The molecule has 124 valence electrons. The molecule has 0 spiro atoms. The smallest absolute Gasteiger partial charge is 0.262 e. The minimum absolute atomic E-state index is 0.0481. The van der Waals surface area contributed by atoms with Crippen molar-refractivity contribution in [1.82, 2.24) is 10.3 Å². The van der Waals surface area contributed by atoms with Gasteiger partial charge in [-0.15, -0.1) is 0 Å². The molecule has 24 heavy (non-hydrogen) atoms. The third-order valence-electron chi connectivity index (χ3n) is 3.07. The molecule has 0 aliphatic carbocycles. The number of amides is 1. The van der Waals surface area contributed by atoms with Crippen molar-refractivity contribution in [2.45, 2.75) is 26.8 Å². The number of nitrogens with one attached hydrogen (secondary N) is 1. The Morgan fingerprint density at radius 3 is 2.46 bits per heavy atom. The summed E-state index contributed by atoms with van der Waals surface area (Å²) in [4.78, 5) is 16.3. The number of hydrogen-bond acceptors (Lipinski definition) is 3. The third kappa shape index (κ3) is 5.98. The monoisotopic (exact) mass is 385 g/mol. The lowest BCUT2D eigenvalue weighted by Crippen LogP contribution is -2.27. The van der Waals surface area contributed by atoms with E-state index in [1.807, 2.05) is 57.2 Å². The van der Waals surface area contributed by atoms with Crippen LogP contribution in [0.2, 0.25) is 0 Å².